The summed E-state index contributed by atoms with van der Waals surface area (Å²) in [7, 11) is 0. The van der Waals surface area contributed by atoms with E-state index in [9.17, 15) is 14.4 Å². The second-order valence-electron chi connectivity index (χ2n) is 4.78. The van der Waals surface area contributed by atoms with Crippen molar-refractivity contribution in [1.82, 2.24) is 9.91 Å². The predicted octanol–water partition coefficient (Wildman–Crippen LogP) is 1.31. The summed E-state index contributed by atoms with van der Waals surface area (Å²) in [6.07, 6.45) is 7.32. The molecule has 0 aromatic carbocycles. The maximum absolute atomic E-state index is 11.9. The zero-order chi connectivity index (χ0) is 15.9. The van der Waals surface area contributed by atoms with Crippen LogP contribution in [0.2, 0.25) is 0 Å². The number of rotatable bonds is 7. The van der Waals surface area contributed by atoms with Gasteiger partial charge in [-0.3, -0.25) is 0 Å². The molecule has 116 valence electrons. The molecule has 0 aromatic rings. The quantitative estimate of drug-likeness (QED) is 0.502. The summed E-state index contributed by atoms with van der Waals surface area (Å²) >= 11 is -4.17. The standard InChI is InChI=1S/C5H5.3C3H7NO.Hf/c1-2-4-5-3-1;3*1-2-3(4)5;/h1-3H,4H2;3*2H2,1H3,(H2,4,5);/q;;;;+3/p-3. The Labute approximate surface area is 130 Å². The molecule has 0 saturated carbocycles. The van der Waals surface area contributed by atoms with Crippen molar-refractivity contribution in [3.05, 3.63) is 21.6 Å². The van der Waals surface area contributed by atoms with E-state index in [0.717, 1.165) is 3.33 Å². The van der Waals surface area contributed by atoms with E-state index in [1.54, 1.807) is 20.8 Å². The Morgan fingerprint density at radius 1 is 0.952 bits per heavy atom. The van der Waals surface area contributed by atoms with Crippen molar-refractivity contribution in [1.29, 1.82) is 0 Å². The van der Waals surface area contributed by atoms with Crippen LogP contribution in [0.1, 0.15) is 46.5 Å². The molecule has 0 aliphatic heterocycles. The molecule has 0 radical (unpaired) electrons. The summed E-state index contributed by atoms with van der Waals surface area (Å²) in [6, 6.07) is 0. The third-order valence-electron chi connectivity index (χ3n) is 3.20. The third-order valence-corrected chi connectivity index (χ3v) is 15.0. The van der Waals surface area contributed by atoms with E-state index < -0.39 is 20.8 Å². The first-order valence-electron chi connectivity index (χ1n) is 7.26. The van der Waals surface area contributed by atoms with Gasteiger partial charge in [-0.05, 0) is 0 Å². The Balaban J connectivity index is 3.14. The zero-order valence-electron chi connectivity index (χ0n) is 12.8. The molecule has 0 fully saturated rings. The van der Waals surface area contributed by atoms with Crippen molar-refractivity contribution in [2.75, 3.05) is 0 Å². The predicted molar refractivity (Wildman–Crippen MR) is 77.1 cm³/mol. The minimum absolute atomic E-state index is 0.155. The average molecular weight is 460 g/mol. The topological polar surface area (TPSA) is 87.3 Å². The van der Waals surface area contributed by atoms with Crippen LogP contribution in [0.25, 0.3) is 0 Å². The van der Waals surface area contributed by atoms with Crippen LogP contribution in [0.5, 0.6) is 0 Å². The first-order valence-corrected chi connectivity index (χ1v) is 14.4. The molecule has 0 aromatic heterocycles. The number of allylic oxidation sites excluding steroid dienone is 4. The molecule has 0 saturated heterocycles. The van der Waals surface area contributed by atoms with Crippen LogP contribution in [-0.2, 0) is 35.2 Å². The molecule has 0 atom stereocenters. The Morgan fingerprint density at radius 3 is 1.67 bits per heavy atom. The molecule has 21 heavy (non-hydrogen) atoms. The van der Waals surface area contributed by atoms with E-state index in [-0.39, 0.29) is 17.7 Å². The first kappa shape index (κ1) is 17.8. The van der Waals surface area contributed by atoms with Crippen molar-refractivity contribution >= 4 is 17.7 Å². The fourth-order valence-corrected chi connectivity index (χ4v) is 13.5. The zero-order valence-corrected chi connectivity index (χ0v) is 16.4. The molecule has 0 bridgehead atoms. The Hall–Kier alpha value is -1.24. The van der Waals surface area contributed by atoms with Crippen LogP contribution < -0.4 is 9.91 Å². The second kappa shape index (κ2) is 8.26. The van der Waals surface area contributed by atoms with Gasteiger partial charge in [0.15, 0.2) is 0 Å². The van der Waals surface area contributed by atoms with Gasteiger partial charge >= 0.3 is 131 Å². The van der Waals surface area contributed by atoms with Gasteiger partial charge in [0.25, 0.3) is 0 Å². The molecule has 3 amide bonds. The van der Waals surface area contributed by atoms with E-state index in [1.165, 1.54) is 0 Å². The Bertz CT molecular complexity index is 440. The van der Waals surface area contributed by atoms with Crippen LogP contribution in [0, 0.1) is 0 Å². The van der Waals surface area contributed by atoms with E-state index in [2.05, 4.69) is 9.91 Å². The van der Waals surface area contributed by atoms with Gasteiger partial charge in [-0.15, -0.1) is 0 Å². The van der Waals surface area contributed by atoms with Gasteiger partial charge in [-0.1, -0.05) is 0 Å². The average Bonchev–Trinajstić information content (AvgIpc) is 3.01. The van der Waals surface area contributed by atoms with E-state index in [4.69, 9.17) is 0 Å². The van der Waals surface area contributed by atoms with E-state index in [1.807, 2.05) is 18.2 Å². The Kier molecular flexibility index (Phi) is 7.01. The van der Waals surface area contributed by atoms with Crippen LogP contribution in [0.3, 0.4) is 0 Å². The summed E-state index contributed by atoms with van der Waals surface area (Å²) in [5.41, 5.74) is 0. The van der Waals surface area contributed by atoms with Crippen LogP contribution in [0.4, 0.5) is 0 Å². The third kappa shape index (κ3) is 4.91. The van der Waals surface area contributed by atoms with Gasteiger partial charge in [0.05, 0.1) is 0 Å². The summed E-state index contributed by atoms with van der Waals surface area (Å²) in [6.45, 7) is 5.25. The minimum atomic E-state index is -4.17. The van der Waals surface area contributed by atoms with Gasteiger partial charge in [-0.25, -0.2) is 0 Å². The van der Waals surface area contributed by atoms with Crippen molar-refractivity contribution < 1.29 is 35.2 Å². The number of carbonyl (C=O) groups is 3. The summed E-state index contributed by atoms with van der Waals surface area (Å²) in [5, 5.41) is 0. The molecule has 0 unspecified atom stereocenters. The van der Waals surface area contributed by atoms with Crippen molar-refractivity contribution in [3.63, 3.8) is 0 Å². The van der Waals surface area contributed by atoms with Gasteiger partial charge < -0.3 is 0 Å². The first-order chi connectivity index (χ1) is 9.97. The molecule has 1 aliphatic carbocycles. The van der Waals surface area contributed by atoms with E-state index >= 15 is 0 Å². The normalized spacial score (nSPS) is 13.6. The van der Waals surface area contributed by atoms with Crippen molar-refractivity contribution in [3.8, 4) is 0 Å². The van der Waals surface area contributed by atoms with E-state index in [0.29, 0.717) is 25.7 Å². The maximum atomic E-state index is 11.9. The second-order valence-corrected chi connectivity index (χ2v) is 15.2. The van der Waals surface area contributed by atoms with Gasteiger partial charge in [0.2, 0.25) is 0 Å². The number of amides is 3. The fourth-order valence-electron chi connectivity index (χ4n) is 1.95. The molecule has 3 N–H and O–H groups in total. The number of nitrogens with one attached hydrogen (secondary N) is 3. The molecular formula is C14H23HfN3O3. The number of hydrogen-bond acceptors (Lipinski definition) is 3. The summed E-state index contributed by atoms with van der Waals surface area (Å²) in [4.78, 5) is 35.8. The molecule has 1 aliphatic rings. The van der Waals surface area contributed by atoms with Crippen molar-refractivity contribution in [2.45, 2.75) is 46.5 Å². The van der Waals surface area contributed by atoms with Crippen molar-refractivity contribution in [2.24, 2.45) is 0 Å². The summed E-state index contributed by atoms with van der Waals surface area (Å²) in [5.74, 6) is -0.466. The van der Waals surface area contributed by atoms with Gasteiger partial charge in [-0.2, -0.15) is 0 Å². The summed E-state index contributed by atoms with van der Waals surface area (Å²) < 4.78 is 9.84. The number of hydrogen-bond donors (Lipinski definition) is 3. The molecule has 0 heterocycles. The molecule has 1 rings (SSSR count). The van der Waals surface area contributed by atoms with Gasteiger partial charge in [0.1, 0.15) is 0 Å². The van der Waals surface area contributed by atoms with Crippen LogP contribution in [0.15, 0.2) is 21.6 Å². The molecule has 6 nitrogen and oxygen atoms in total. The molecule has 7 heteroatoms. The van der Waals surface area contributed by atoms with Crippen LogP contribution in [-0.4, -0.2) is 17.7 Å². The SMILES string of the molecule is CCC(=O)[NH][Hf]([NH]C(=O)CC)([NH]C(=O)CC)[C]1=CC=CC1. The molecule has 0 spiro atoms. The molecular weight excluding hydrogens is 437 g/mol. The van der Waals surface area contributed by atoms with Gasteiger partial charge in [0, 0.05) is 0 Å². The van der Waals surface area contributed by atoms with Crippen LogP contribution >= 0.6 is 0 Å². The Morgan fingerprint density at radius 2 is 1.38 bits per heavy atom. The monoisotopic (exact) mass is 461 g/mol. The fraction of sp³-hybridized carbons (Fsp3) is 0.500. The number of carbonyl (C=O) groups excluding carboxylic acids is 3.